The number of fused-ring (bicyclic) bond motifs is 5. The van der Waals surface area contributed by atoms with Gasteiger partial charge in [0, 0.05) is 36.0 Å². The van der Waals surface area contributed by atoms with E-state index in [0.717, 1.165) is 12.0 Å². The second-order valence-electron chi connectivity index (χ2n) is 8.14. The molecule has 0 aliphatic heterocycles. The molecule has 0 radical (unpaired) electrons. The van der Waals surface area contributed by atoms with E-state index in [9.17, 15) is 14.4 Å². The van der Waals surface area contributed by atoms with Crippen molar-refractivity contribution in [2.75, 3.05) is 0 Å². The molecule has 4 heteroatoms. The Morgan fingerprint density at radius 3 is 2.61 bits per heavy atom. The molecule has 4 rings (SSSR count). The lowest BCUT2D eigenvalue weighted by atomic mass is 9.48. The molecule has 0 spiro atoms. The van der Waals surface area contributed by atoms with Crippen molar-refractivity contribution in [2.45, 2.75) is 50.7 Å². The van der Waals surface area contributed by atoms with Gasteiger partial charge < -0.3 is 0 Å². The van der Waals surface area contributed by atoms with Crippen LogP contribution in [0.5, 0.6) is 0 Å². The summed E-state index contributed by atoms with van der Waals surface area (Å²) in [5.74, 6) is 0.579. The van der Waals surface area contributed by atoms with E-state index >= 15 is 0 Å². The Balaban J connectivity index is 1.90. The highest BCUT2D eigenvalue weighted by Crippen LogP contribution is 2.65. The zero-order valence-corrected chi connectivity index (χ0v) is 14.5. The maximum absolute atomic E-state index is 13.2. The van der Waals surface area contributed by atoms with E-state index in [2.05, 4.69) is 13.0 Å². The molecule has 3 nitrogen and oxygen atoms in total. The van der Waals surface area contributed by atoms with Crippen LogP contribution in [0.2, 0.25) is 0 Å². The van der Waals surface area contributed by atoms with Gasteiger partial charge in [0.1, 0.15) is 5.78 Å². The van der Waals surface area contributed by atoms with Crippen LogP contribution in [0.15, 0.2) is 23.8 Å². The Morgan fingerprint density at radius 1 is 1.13 bits per heavy atom. The maximum atomic E-state index is 13.2. The first-order chi connectivity index (χ1) is 10.7. The van der Waals surface area contributed by atoms with E-state index in [1.165, 1.54) is 0 Å². The molecular formula is C19H22O3S. The monoisotopic (exact) mass is 330 g/mol. The highest BCUT2D eigenvalue weighted by Gasteiger charge is 2.67. The normalized spacial score (nSPS) is 48.7. The maximum Gasteiger partial charge on any atom is 0.156 e. The molecular weight excluding hydrogens is 308 g/mol. The SMILES string of the molecule is C[C@]12CCC(=O)C=C1C=C[C@H]1[C@@H]3CCC(=O)[C@@]3(C)CC(=O)[C@@]12S. The van der Waals surface area contributed by atoms with Gasteiger partial charge in [-0.1, -0.05) is 26.0 Å². The van der Waals surface area contributed by atoms with Crippen LogP contribution < -0.4 is 0 Å². The minimum absolute atomic E-state index is 0.0288. The Hall–Kier alpha value is -1.16. The van der Waals surface area contributed by atoms with Gasteiger partial charge in [-0.05, 0) is 30.4 Å². The van der Waals surface area contributed by atoms with E-state index in [1.807, 2.05) is 13.0 Å². The van der Waals surface area contributed by atoms with Crippen LogP contribution in [0.25, 0.3) is 0 Å². The summed E-state index contributed by atoms with van der Waals surface area (Å²) >= 11 is 4.99. The van der Waals surface area contributed by atoms with Crippen LogP contribution in [0.1, 0.15) is 46.0 Å². The Kier molecular flexibility index (Phi) is 2.99. The molecule has 23 heavy (non-hydrogen) atoms. The van der Waals surface area contributed by atoms with Gasteiger partial charge in [0.15, 0.2) is 11.6 Å². The van der Waals surface area contributed by atoms with Crippen molar-refractivity contribution in [2.24, 2.45) is 22.7 Å². The summed E-state index contributed by atoms with van der Waals surface area (Å²) in [7, 11) is 0. The van der Waals surface area contributed by atoms with E-state index in [-0.39, 0.29) is 29.2 Å². The number of rotatable bonds is 0. The number of carbonyl (C=O) groups excluding carboxylic acids is 3. The third-order valence-corrected chi connectivity index (χ3v) is 8.20. The van der Waals surface area contributed by atoms with Crippen LogP contribution in [0.3, 0.4) is 0 Å². The summed E-state index contributed by atoms with van der Waals surface area (Å²) in [6.07, 6.45) is 8.59. The average Bonchev–Trinajstić information content (AvgIpc) is 2.77. The zero-order chi connectivity index (χ0) is 16.6. The second kappa shape index (κ2) is 4.47. The van der Waals surface area contributed by atoms with Gasteiger partial charge in [0.2, 0.25) is 0 Å². The molecule has 4 aliphatic carbocycles. The lowest BCUT2D eigenvalue weighted by Crippen LogP contribution is -2.63. The van der Waals surface area contributed by atoms with Crippen molar-refractivity contribution in [1.29, 1.82) is 0 Å². The largest absolute Gasteiger partial charge is 0.299 e. The number of Topliss-reactive ketones (excluding diaryl/α,β-unsaturated/α-hetero) is 2. The quantitative estimate of drug-likeness (QED) is 0.694. The Labute approximate surface area is 142 Å². The number of hydrogen-bond acceptors (Lipinski definition) is 4. The minimum Gasteiger partial charge on any atom is -0.299 e. The van der Waals surface area contributed by atoms with E-state index in [4.69, 9.17) is 12.6 Å². The molecule has 0 N–H and O–H groups in total. The minimum atomic E-state index is -0.803. The third-order valence-electron chi connectivity index (χ3n) is 7.16. The Morgan fingerprint density at radius 2 is 1.87 bits per heavy atom. The summed E-state index contributed by atoms with van der Waals surface area (Å²) in [5.41, 5.74) is -0.0188. The number of ketones is 3. The summed E-state index contributed by atoms with van der Waals surface area (Å²) in [4.78, 5) is 37.4. The molecule has 0 aromatic heterocycles. The fourth-order valence-electron chi connectivity index (χ4n) is 5.57. The van der Waals surface area contributed by atoms with Crippen molar-refractivity contribution in [3.8, 4) is 0 Å². The molecule has 4 aliphatic rings. The molecule has 0 aromatic carbocycles. The van der Waals surface area contributed by atoms with Gasteiger partial charge in [-0.15, -0.1) is 0 Å². The molecule has 0 amide bonds. The van der Waals surface area contributed by atoms with Crippen molar-refractivity contribution >= 4 is 30.0 Å². The smallest absolute Gasteiger partial charge is 0.156 e. The molecule has 0 aromatic rings. The summed E-state index contributed by atoms with van der Waals surface area (Å²) in [5, 5.41) is 0. The van der Waals surface area contributed by atoms with Gasteiger partial charge in [0.05, 0.1) is 4.75 Å². The Bertz CT molecular complexity index is 705. The van der Waals surface area contributed by atoms with Crippen LogP contribution in [-0.2, 0) is 14.4 Å². The topological polar surface area (TPSA) is 51.2 Å². The van der Waals surface area contributed by atoms with Crippen molar-refractivity contribution in [3.05, 3.63) is 23.8 Å². The second-order valence-corrected chi connectivity index (χ2v) is 8.84. The molecule has 0 bridgehead atoms. The fraction of sp³-hybridized carbons (Fsp3) is 0.632. The van der Waals surface area contributed by atoms with Crippen LogP contribution in [0, 0.1) is 22.7 Å². The summed E-state index contributed by atoms with van der Waals surface area (Å²) < 4.78 is -0.803. The van der Waals surface area contributed by atoms with Crippen LogP contribution in [0.4, 0.5) is 0 Å². The number of hydrogen-bond donors (Lipinski definition) is 1. The van der Waals surface area contributed by atoms with Crippen LogP contribution in [-0.4, -0.2) is 22.1 Å². The van der Waals surface area contributed by atoms with E-state index < -0.39 is 15.6 Å². The van der Waals surface area contributed by atoms with Gasteiger partial charge in [-0.25, -0.2) is 0 Å². The molecule has 5 atom stereocenters. The molecule has 2 saturated carbocycles. The van der Waals surface area contributed by atoms with Crippen molar-refractivity contribution in [3.63, 3.8) is 0 Å². The fourth-order valence-corrected chi connectivity index (χ4v) is 6.16. The predicted molar refractivity (Wildman–Crippen MR) is 90.2 cm³/mol. The lowest BCUT2D eigenvalue weighted by Gasteiger charge is -2.59. The first kappa shape index (κ1) is 15.4. The molecule has 0 heterocycles. The predicted octanol–water partition coefficient (Wildman–Crippen LogP) is 3.09. The third kappa shape index (κ3) is 1.66. The highest BCUT2D eigenvalue weighted by molar-refractivity contribution is 7.82. The van der Waals surface area contributed by atoms with Gasteiger partial charge in [0.25, 0.3) is 0 Å². The first-order valence-corrected chi connectivity index (χ1v) is 8.90. The van der Waals surface area contributed by atoms with Crippen molar-refractivity contribution < 1.29 is 14.4 Å². The highest BCUT2D eigenvalue weighted by atomic mass is 32.1. The molecule has 0 unspecified atom stereocenters. The van der Waals surface area contributed by atoms with Crippen LogP contribution >= 0.6 is 12.6 Å². The van der Waals surface area contributed by atoms with Crippen molar-refractivity contribution in [1.82, 2.24) is 0 Å². The lowest BCUT2D eigenvalue weighted by molar-refractivity contribution is -0.142. The molecule has 2 fully saturated rings. The number of thiol groups is 1. The molecule has 122 valence electrons. The first-order valence-electron chi connectivity index (χ1n) is 8.46. The summed E-state index contributed by atoms with van der Waals surface area (Å²) in [6.45, 7) is 4.04. The standard InChI is InChI=1S/C19H22O3S/c1-17-10-16(22)19(23)14(13(17)5-6-15(17)21)4-3-11-9-12(20)7-8-18(11,19)2/h3-4,9,13-14,23H,5-8,10H2,1-2H3/t13-,14-,17-,18-,19-/m0/s1. The number of allylic oxidation sites excluding steroid dienone is 4. The van der Waals surface area contributed by atoms with E-state index in [0.29, 0.717) is 25.7 Å². The van der Waals surface area contributed by atoms with Gasteiger partial charge >= 0.3 is 0 Å². The zero-order valence-electron chi connectivity index (χ0n) is 13.6. The molecule has 0 saturated heterocycles. The summed E-state index contributed by atoms with van der Waals surface area (Å²) in [6, 6.07) is 0. The number of carbonyl (C=O) groups is 3. The van der Waals surface area contributed by atoms with Gasteiger partial charge in [-0.2, -0.15) is 12.6 Å². The van der Waals surface area contributed by atoms with E-state index in [1.54, 1.807) is 6.08 Å². The average molecular weight is 330 g/mol. The van der Waals surface area contributed by atoms with Gasteiger partial charge in [-0.3, -0.25) is 14.4 Å².